The van der Waals surface area contributed by atoms with Gasteiger partial charge < -0.3 is 4.90 Å². The van der Waals surface area contributed by atoms with E-state index in [1.807, 2.05) is 18.2 Å². The van der Waals surface area contributed by atoms with Gasteiger partial charge in [0.05, 0.1) is 0 Å². The Balaban J connectivity index is 1.65. The molecule has 0 aromatic heterocycles. The van der Waals surface area contributed by atoms with Crippen molar-refractivity contribution in [1.82, 2.24) is 9.80 Å². The molecular weight excluding hydrogens is 306 g/mol. The molecule has 2 saturated heterocycles. The van der Waals surface area contributed by atoms with Crippen LogP contribution in [-0.2, 0) is 9.59 Å². The molecule has 2 fully saturated rings. The maximum absolute atomic E-state index is 12.5. The topological polar surface area (TPSA) is 60.9 Å². The number of hydrogen-bond donors (Lipinski definition) is 0. The minimum absolute atomic E-state index is 0.00384. The van der Waals surface area contributed by atoms with E-state index in [0.29, 0.717) is 5.69 Å². The Morgan fingerprint density at radius 2 is 1.54 bits per heavy atom. The fraction of sp³-hybridized carbons (Fsp3) is 0.500. The number of carbonyl (C=O) groups excluding carboxylic acids is 3. The van der Waals surface area contributed by atoms with Crippen LogP contribution < -0.4 is 4.90 Å². The zero-order valence-corrected chi connectivity index (χ0v) is 13.8. The molecule has 2 aliphatic rings. The number of imide groups is 1. The predicted octanol–water partition coefficient (Wildman–Crippen LogP) is 2.25. The number of amides is 4. The third-order valence-corrected chi connectivity index (χ3v) is 4.63. The minimum Gasteiger partial charge on any atom is -0.341 e. The lowest BCUT2D eigenvalue weighted by Crippen LogP contribution is -2.44. The van der Waals surface area contributed by atoms with E-state index in [1.165, 1.54) is 11.3 Å². The highest BCUT2D eigenvalue weighted by atomic mass is 16.2. The van der Waals surface area contributed by atoms with Crippen LogP contribution >= 0.6 is 0 Å². The number of nitrogens with zero attached hydrogens (tertiary/aromatic N) is 3. The lowest BCUT2D eigenvalue weighted by atomic mass is 10.1. The maximum atomic E-state index is 12.5. The van der Waals surface area contributed by atoms with E-state index in [4.69, 9.17) is 0 Å². The smallest absolute Gasteiger partial charge is 0.332 e. The number of hydrogen-bond acceptors (Lipinski definition) is 3. The van der Waals surface area contributed by atoms with Crippen LogP contribution in [0.15, 0.2) is 30.3 Å². The van der Waals surface area contributed by atoms with Crippen molar-refractivity contribution in [3.05, 3.63) is 30.3 Å². The van der Waals surface area contributed by atoms with Crippen molar-refractivity contribution in [1.29, 1.82) is 0 Å². The normalized spacial score (nSPS) is 19.4. The van der Waals surface area contributed by atoms with Gasteiger partial charge in [0, 0.05) is 18.8 Å². The zero-order valence-electron chi connectivity index (χ0n) is 13.8. The van der Waals surface area contributed by atoms with E-state index in [1.54, 1.807) is 17.0 Å². The highest BCUT2D eigenvalue weighted by molar-refractivity contribution is 6.13. The number of rotatable bonds is 3. The van der Waals surface area contributed by atoms with Gasteiger partial charge in [0.15, 0.2) is 0 Å². The van der Waals surface area contributed by atoms with Gasteiger partial charge in [-0.25, -0.2) is 4.79 Å². The first-order valence-electron chi connectivity index (χ1n) is 8.61. The third-order valence-electron chi connectivity index (χ3n) is 4.63. The standard InChI is InChI=1S/C18H23N3O3/c22-16(19-11-7-2-1-3-8-12-19)13-21-17(23)14-20(18(21)24)15-9-5-4-6-10-15/h4-6,9-10H,1-3,7-8,11-14H2. The van der Waals surface area contributed by atoms with Gasteiger partial charge in [-0.3, -0.25) is 19.4 Å². The van der Waals surface area contributed by atoms with Gasteiger partial charge in [0.1, 0.15) is 13.1 Å². The van der Waals surface area contributed by atoms with E-state index in [9.17, 15) is 14.4 Å². The summed E-state index contributed by atoms with van der Waals surface area (Å²) in [6.07, 6.45) is 5.46. The molecule has 0 N–H and O–H groups in total. The van der Waals surface area contributed by atoms with Crippen LogP contribution in [-0.4, -0.2) is 53.8 Å². The van der Waals surface area contributed by atoms with E-state index < -0.39 is 6.03 Å². The summed E-state index contributed by atoms with van der Waals surface area (Å²) in [5, 5.41) is 0. The first-order valence-corrected chi connectivity index (χ1v) is 8.61. The van der Waals surface area contributed by atoms with E-state index >= 15 is 0 Å². The van der Waals surface area contributed by atoms with E-state index in [-0.39, 0.29) is 24.9 Å². The van der Waals surface area contributed by atoms with Crippen molar-refractivity contribution in [3.8, 4) is 0 Å². The largest absolute Gasteiger partial charge is 0.341 e. The highest BCUT2D eigenvalue weighted by Gasteiger charge is 2.38. The number of likely N-dealkylation sites (tertiary alicyclic amines) is 1. The summed E-state index contributed by atoms with van der Waals surface area (Å²) in [7, 11) is 0. The van der Waals surface area contributed by atoms with Crippen molar-refractivity contribution < 1.29 is 14.4 Å². The molecule has 0 bridgehead atoms. The minimum atomic E-state index is -0.411. The molecule has 128 valence electrons. The monoisotopic (exact) mass is 329 g/mol. The first-order chi connectivity index (χ1) is 11.7. The van der Waals surface area contributed by atoms with Gasteiger partial charge in [-0.15, -0.1) is 0 Å². The Labute approximate surface area is 142 Å². The molecular formula is C18H23N3O3. The van der Waals surface area contributed by atoms with Gasteiger partial charge in [-0.05, 0) is 25.0 Å². The van der Waals surface area contributed by atoms with E-state index in [0.717, 1.165) is 43.7 Å². The molecule has 1 aromatic rings. The van der Waals surface area contributed by atoms with Crippen molar-refractivity contribution in [2.45, 2.75) is 32.1 Å². The molecule has 2 aliphatic heterocycles. The van der Waals surface area contributed by atoms with Crippen LogP contribution in [0, 0.1) is 0 Å². The molecule has 0 saturated carbocycles. The van der Waals surface area contributed by atoms with Crippen LogP contribution in [0.3, 0.4) is 0 Å². The predicted molar refractivity (Wildman–Crippen MR) is 90.6 cm³/mol. The van der Waals surface area contributed by atoms with Crippen LogP contribution in [0.5, 0.6) is 0 Å². The second kappa shape index (κ2) is 7.47. The summed E-state index contributed by atoms with van der Waals surface area (Å²) >= 11 is 0. The summed E-state index contributed by atoms with van der Waals surface area (Å²) < 4.78 is 0. The number of carbonyl (C=O) groups is 3. The lowest BCUT2D eigenvalue weighted by molar-refractivity contribution is -0.136. The fourth-order valence-electron chi connectivity index (χ4n) is 3.24. The Kier molecular flexibility index (Phi) is 5.13. The molecule has 6 heteroatoms. The van der Waals surface area contributed by atoms with E-state index in [2.05, 4.69) is 0 Å². The third kappa shape index (κ3) is 3.58. The Hall–Kier alpha value is -2.37. The van der Waals surface area contributed by atoms with Crippen LogP contribution in [0.4, 0.5) is 10.5 Å². The van der Waals surface area contributed by atoms with Gasteiger partial charge in [0.25, 0.3) is 5.91 Å². The molecule has 24 heavy (non-hydrogen) atoms. The van der Waals surface area contributed by atoms with Crippen molar-refractivity contribution in [2.75, 3.05) is 31.1 Å². The SMILES string of the molecule is O=C(CN1C(=O)CN(c2ccccc2)C1=O)N1CCCCCCC1. The number of anilines is 1. The van der Waals surface area contributed by atoms with Crippen LogP contribution in [0.1, 0.15) is 32.1 Å². The average molecular weight is 329 g/mol. The fourth-order valence-corrected chi connectivity index (χ4v) is 3.24. The summed E-state index contributed by atoms with van der Waals surface area (Å²) in [5.41, 5.74) is 0.678. The molecule has 0 spiro atoms. The summed E-state index contributed by atoms with van der Waals surface area (Å²) in [6, 6.07) is 8.66. The lowest BCUT2D eigenvalue weighted by Gasteiger charge is -2.26. The molecule has 0 atom stereocenters. The highest BCUT2D eigenvalue weighted by Crippen LogP contribution is 2.21. The second-order valence-corrected chi connectivity index (χ2v) is 6.33. The summed E-state index contributed by atoms with van der Waals surface area (Å²) in [5.74, 6) is -0.447. The Morgan fingerprint density at radius 3 is 2.21 bits per heavy atom. The number of benzene rings is 1. The van der Waals surface area contributed by atoms with Crippen LogP contribution in [0.25, 0.3) is 0 Å². The Morgan fingerprint density at radius 1 is 0.917 bits per heavy atom. The molecule has 0 aliphatic carbocycles. The first kappa shape index (κ1) is 16.5. The second-order valence-electron chi connectivity index (χ2n) is 6.33. The average Bonchev–Trinajstić information content (AvgIpc) is 2.83. The van der Waals surface area contributed by atoms with Crippen molar-refractivity contribution >= 4 is 23.5 Å². The van der Waals surface area contributed by atoms with Gasteiger partial charge in [-0.1, -0.05) is 37.5 Å². The molecule has 2 heterocycles. The van der Waals surface area contributed by atoms with Crippen LogP contribution in [0.2, 0.25) is 0 Å². The molecule has 0 radical (unpaired) electrons. The molecule has 4 amide bonds. The summed E-state index contributed by atoms with van der Waals surface area (Å²) in [6.45, 7) is 1.28. The quantitative estimate of drug-likeness (QED) is 0.799. The molecule has 6 nitrogen and oxygen atoms in total. The zero-order chi connectivity index (χ0) is 16.9. The van der Waals surface area contributed by atoms with Gasteiger partial charge >= 0.3 is 6.03 Å². The summed E-state index contributed by atoms with van der Waals surface area (Å²) in [4.78, 5) is 41.5. The number of urea groups is 1. The molecule has 0 unspecified atom stereocenters. The van der Waals surface area contributed by atoms with Crippen molar-refractivity contribution in [2.24, 2.45) is 0 Å². The molecule has 1 aromatic carbocycles. The number of para-hydroxylation sites is 1. The van der Waals surface area contributed by atoms with Gasteiger partial charge in [-0.2, -0.15) is 0 Å². The Bertz CT molecular complexity index is 609. The van der Waals surface area contributed by atoms with Gasteiger partial charge in [0.2, 0.25) is 5.91 Å². The van der Waals surface area contributed by atoms with Crippen molar-refractivity contribution in [3.63, 3.8) is 0 Å². The molecule has 3 rings (SSSR count). The maximum Gasteiger partial charge on any atom is 0.332 e.